The highest BCUT2D eigenvalue weighted by Crippen LogP contribution is 2.46. The molecular formula is C6H8O3. The van der Waals surface area contributed by atoms with Gasteiger partial charge in [-0.2, -0.15) is 0 Å². The number of carboxylic acid groups (broad SMARTS) is 1. The quantitative estimate of drug-likeness (QED) is 0.549. The van der Waals surface area contributed by atoms with Gasteiger partial charge in [0.25, 0.3) is 0 Å². The molecule has 0 amide bonds. The third kappa shape index (κ3) is 0.724. The van der Waals surface area contributed by atoms with Gasteiger partial charge in [0.2, 0.25) is 0 Å². The summed E-state index contributed by atoms with van der Waals surface area (Å²) < 4.78 is 0. The third-order valence-corrected chi connectivity index (χ3v) is 1.83. The Morgan fingerprint density at radius 3 is 1.89 bits per heavy atom. The average molecular weight is 128 g/mol. The van der Waals surface area contributed by atoms with E-state index in [1.165, 1.54) is 6.92 Å². The van der Waals surface area contributed by atoms with Gasteiger partial charge in [0.15, 0.2) is 0 Å². The van der Waals surface area contributed by atoms with E-state index in [2.05, 4.69) is 0 Å². The van der Waals surface area contributed by atoms with Crippen LogP contribution in [0.1, 0.15) is 19.8 Å². The molecule has 1 aliphatic carbocycles. The second-order valence-electron chi connectivity index (χ2n) is 2.44. The molecule has 0 spiro atoms. The highest BCUT2D eigenvalue weighted by molar-refractivity contribution is 6.04. The first-order chi connectivity index (χ1) is 4.09. The maximum absolute atomic E-state index is 10.6. The standard InChI is InChI=1S/C6H8O3/c1-4(7)6(2-3-6)5(8)9/h2-3H2,1H3,(H,8,9). The first kappa shape index (κ1) is 6.26. The number of ketones is 1. The lowest BCUT2D eigenvalue weighted by Crippen LogP contribution is -2.22. The molecule has 9 heavy (non-hydrogen) atoms. The fourth-order valence-electron chi connectivity index (χ4n) is 0.842. The second kappa shape index (κ2) is 1.56. The molecule has 0 aromatic rings. The molecule has 0 heterocycles. The molecule has 50 valence electrons. The van der Waals surface area contributed by atoms with Crippen molar-refractivity contribution in [3.8, 4) is 0 Å². The maximum Gasteiger partial charge on any atom is 0.317 e. The van der Waals surface area contributed by atoms with Crippen LogP contribution in [0.3, 0.4) is 0 Å². The number of carboxylic acids is 1. The Hall–Kier alpha value is -0.860. The lowest BCUT2D eigenvalue weighted by molar-refractivity contribution is -0.147. The fourth-order valence-corrected chi connectivity index (χ4v) is 0.842. The first-order valence-electron chi connectivity index (χ1n) is 2.84. The van der Waals surface area contributed by atoms with Crippen molar-refractivity contribution in [3.05, 3.63) is 0 Å². The molecule has 0 saturated heterocycles. The van der Waals surface area contributed by atoms with Crippen LogP contribution in [0.15, 0.2) is 0 Å². The van der Waals surface area contributed by atoms with Gasteiger partial charge < -0.3 is 5.11 Å². The zero-order valence-corrected chi connectivity index (χ0v) is 5.18. The Bertz CT molecular complexity index is 151. The van der Waals surface area contributed by atoms with E-state index < -0.39 is 11.4 Å². The van der Waals surface area contributed by atoms with Crippen molar-refractivity contribution in [1.29, 1.82) is 0 Å². The van der Waals surface area contributed by atoms with Crippen LogP contribution in [0.2, 0.25) is 0 Å². The number of rotatable bonds is 2. The molecule has 1 aliphatic rings. The molecular weight excluding hydrogens is 120 g/mol. The largest absolute Gasteiger partial charge is 0.480 e. The third-order valence-electron chi connectivity index (χ3n) is 1.83. The highest BCUT2D eigenvalue weighted by atomic mass is 16.4. The summed E-state index contributed by atoms with van der Waals surface area (Å²) in [6.07, 6.45) is 1.05. The van der Waals surface area contributed by atoms with Crippen LogP contribution in [-0.4, -0.2) is 16.9 Å². The smallest absolute Gasteiger partial charge is 0.317 e. The van der Waals surface area contributed by atoms with Crippen LogP contribution >= 0.6 is 0 Å². The Labute approximate surface area is 52.7 Å². The number of aliphatic carboxylic acids is 1. The van der Waals surface area contributed by atoms with E-state index in [-0.39, 0.29) is 5.78 Å². The van der Waals surface area contributed by atoms with Crippen LogP contribution in [0.25, 0.3) is 0 Å². The van der Waals surface area contributed by atoms with Crippen molar-refractivity contribution in [2.24, 2.45) is 5.41 Å². The zero-order chi connectivity index (χ0) is 7.07. The molecule has 0 aromatic carbocycles. The molecule has 0 atom stereocenters. The normalized spacial score (nSPS) is 21.0. The van der Waals surface area contributed by atoms with E-state index in [1.807, 2.05) is 0 Å². The van der Waals surface area contributed by atoms with E-state index in [0.29, 0.717) is 12.8 Å². The average Bonchev–Trinajstić information content (AvgIpc) is 2.40. The topological polar surface area (TPSA) is 54.4 Å². The van der Waals surface area contributed by atoms with E-state index >= 15 is 0 Å². The van der Waals surface area contributed by atoms with Crippen LogP contribution in [0, 0.1) is 5.41 Å². The van der Waals surface area contributed by atoms with Crippen molar-refractivity contribution in [1.82, 2.24) is 0 Å². The van der Waals surface area contributed by atoms with Gasteiger partial charge in [-0.3, -0.25) is 9.59 Å². The number of carbonyl (C=O) groups excluding carboxylic acids is 1. The number of hydrogen-bond acceptors (Lipinski definition) is 2. The minimum absolute atomic E-state index is 0.213. The molecule has 0 aliphatic heterocycles. The molecule has 0 aromatic heterocycles. The molecule has 0 unspecified atom stereocenters. The molecule has 0 radical (unpaired) electrons. The maximum atomic E-state index is 10.6. The first-order valence-corrected chi connectivity index (χ1v) is 2.84. The minimum Gasteiger partial charge on any atom is -0.480 e. The van der Waals surface area contributed by atoms with Crippen LogP contribution in [0.5, 0.6) is 0 Å². The van der Waals surface area contributed by atoms with Gasteiger partial charge in [-0.15, -0.1) is 0 Å². The predicted octanol–water partition coefficient (Wildman–Crippen LogP) is 0.440. The van der Waals surface area contributed by atoms with Gasteiger partial charge in [0.1, 0.15) is 11.2 Å². The Balaban J connectivity index is 2.75. The van der Waals surface area contributed by atoms with E-state index in [9.17, 15) is 9.59 Å². The van der Waals surface area contributed by atoms with Crippen LogP contribution in [0.4, 0.5) is 0 Å². The van der Waals surface area contributed by atoms with Crippen molar-refractivity contribution in [2.45, 2.75) is 19.8 Å². The van der Waals surface area contributed by atoms with E-state index in [4.69, 9.17) is 5.11 Å². The number of Topliss-reactive ketones (excluding diaryl/α,β-unsaturated/α-hetero) is 1. The molecule has 3 heteroatoms. The highest BCUT2D eigenvalue weighted by Gasteiger charge is 2.54. The summed E-state index contributed by atoms with van der Waals surface area (Å²) >= 11 is 0. The van der Waals surface area contributed by atoms with Crippen LogP contribution < -0.4 is 0 Å². The lowest BCUT2D eigenvalue weighted by atomic mass is 10.0. The minimum atomic E-state index is -0.972. The second-order valence-corrected chi connectivity index (χ2v) is 2.44. The Kier molecular flexibility index (Phi) is 1.08. The fraction of sp³-hybridized carbons (Fsp3) is 0.667. The van der Waals surface area contributed by atoms with Gasteiger partial charge in [-0.1, -0.05) is 0 Å². The Morgan fingerprint density at radius 1 is 1.44 bits per heavy atom. The summed E-state index contributed by atoms with van der Waals surface area (Å²) in [5, 5.41) is 8.45. The monoisotopic (exact) mass is 128 g/mol. The van der Waals surface area contributed by atoms with Gasteiger partial charge in [-0.05, 0) is 19.8 Å². The number of hydrogen-bond donors (Lipinski definition) is 1. The lowest BCUT2D eigenvalue weighted by Gasteiger charge is -2.00. The van der Waals surface area contributed by atoms with Gasteiger partial charge in [0, 0.05) is 0 Å². The summed E-state index contributed by atoms with van der Waals surface area (Å²) in [7, 11) is 0. The van der Waals surface area contributed by atoms with Gasteiger partial charge >= 0.3 is 5.97 Å². The molecule has 1 fully saturated rings. The zero-order valence-electron chi connectivity index (χ0n) is 5.18. The van der Waals surface area contributed by atoms with Gasteiger partial charge in [-0.25, -0.2) is 0 Å². The summed E-state index contributed by atoms with van der Waals surface area (Å²) in [6.45, 7) is 1.33. The summed E-state index contributed by atoms with van der Waals surface area (Å²) in [5.41, 5.74) is -0.972. The molecule has 1 rings (SSSR count). The van der Waals surface area contributed by atoms with Crippen molar-refractivity contribution < 1.29 is 14.7 Å². The summed E-state index contributed by atoms with van der Waals surface area (Å²) in [5.74, 6) is -1.18. The van der Waals surface area contributed by atoms with Crippen molar-refractivity contribution >= 4 is 11.8 Å². The summed E-state index contributed by atoms with van der Waals surface area (Å²) in [6, 6.07) is 0. The van der Waals surface area contributed by atoms with E-state index in [0.717, 1.165) is 0 Å². The Morgan fingerprint density at radius 2 is 1.89 bits per heavy atom. The molecule has 0 bridgehead atoms. The van der Waals surface area contributed by atoms with E-state index in [1.54, 1.807) is 0 Å². The van der Waals surface area contributed by atoms with Crippen LogP contribution in [-0.2, 0) is 9.59 Å². The van der Waals surface area contributed by atoms with Crippen molar-refractivity contribution in [2.75, 3.05) is 0 Å². The number of carbonyl (C=O) groups is 2. The molecule has 1 saturated carbocycles. The van der Waals surface area contributed by atoms with Crippen molar-refractivity contribution in [3.63, 3.8) is 0 Å². The SMILES string of the molecule is CC(=O)C1(C(=O)O)CC1. The van der Waals surface area contributed by atoms with Gasteiger partial charge in [0.05, 0.1) is 0 Å². The predicted molar refractivity (Wildman–Crippen MR) is 30.0 cm³/mol. The molecule has 3 nitrogen and oxygen atoms in total. The molecule has 1 N–H and O–H groups in total. The summed E-state index contributed by atoms with van der Waals surface area (Å²) in [4.78, 5) is 20.9.